The van der Waals surface area contributed by atoms with Gasteiger partial charge >= 0.3 is 5.97 Å². The number of benzene rings is 2. The van der Waals surface area contributed by atoms with E-state index in [1.54, 1.807) is 48.5 Å². The number of carbonyl (C=O) groups excluding carboxylic acids is 4. The van der Waals surface area contributed by atoms with E-state index in [9.17, 15) is 19.2 Å². The van der Waals surface area contributed by atoms with Gasteiger partial charge in [0.25, 0.3) is 17.7 Å². The molecule has 1 atom stereocenters. The molecular formula is C22H21BrN2O5. The topological polar surface area (TPSA) is 92.8 Å². The average molecular weight is 473 g/mol. The summed E-state index contributed by atoms with van der Waals surface area (Å²) in [6, 6.07) is 12.3. The normalized spacial score (nSPS) is 13.7. The standard InChI is InChI=1S/C22H21BrN2O5/c1-2-3-8-18(25-20(27)16-6-4-5-7-17(16)21(25)28)22(29)30-13-19(26)24-15-11-9-14(23)10-12-15/h4-7,9-12,18H,2-3,8,13H2,1H3,(H,24,26)/t18-/m1/s1. The third-order valence-corrected chi connectivity index (χ3v) is 5.24. The molecule has 0 saturated heterocycles. The van der Waals surface area contributed by atoms with Crippen LogP contribution in [0.25, 0.3) is 0 Å². The van der Waals surface area contributed by atoms with Gasteiger partial charge in [0.15, 0.2) is 6.61 Å². The molecule has 0 fully saturated rings. The first-order chi connectivity index (χ1) is 14.4. The molecule has 0 spiro atoms. The maximum absolute atomic E-state index is 12.7. The molecule has 0 unspecified atom stereocenters. The summed E-state index contributed by atoms with van der Waals surface area (Å²) in [5, 5.41) is 2.62. The molecule has 0 bridgehead atoms. The monoisotopic (exact) mass is 472 g/mol. The number of unbranched alkanes of at least 4 members (excludes halogenated alkanes) is 1. The molecule has 0 aliphatic carbocycles. The fourth-order valence-corrected chi connectivity index (χ4v) is 3.47. The fraction of sp³-hybridized carbons (Fsp3) is 0.273. The van der Waals surface area contributed by atoms with Crippen molar-refractivity contribution in [2.75, 3.05) is 11.9 Å². The van der Waals surface area contributed by atoms with Crippen molar-refractivity contribution < 1.29 is 23.9 Å². The predicted octanol–water partition coefficient (Wildman–Crippen LogP) is 3.79. The van der Waals surface area contributed by atoms with Gasteiger partial charge in [-0.1, -0.05) is 47.8 Å². The molecule has 30 heavy (non-hydrogen) atoms. The first kappa shape index (κ1) is 21.7. The number of anilines is 1. The second-order valence-corrected chi connectivity index (χ2v) is 7.76. The van der Waals surface area contributed by atoms with Crippen LogP contribution in [0.15, 0.2) is 53.0 Å². The Morgan fingerprint density at radius 3 is 2.20 bits per heavy atom. The van der Waals surface area contributed by atoms with Crippen LogP contribution in [0.4, 0.5) is 5.69 Å². The molecule has 0 aromatic heterocycles. The highest BCUT2D eigenvalue weighted by Crippen LogP contribution is 2.27. The zero-order valence-corrected chi connectivity index (χ0v) is 18.0. The molecule has 2 aromatic rings. The summed E-state index contributed by atoms with van der Waals surface area (Å²) in [4.78, 5) is 51.3. The van der Waals surface area contributed by atoms with E-state index in [1.807, 2.05) is 6.92 Å². The van der Waals surface area contributed by atoms with Gasteiger partial charge in [0, 0.05) is 10.2 Å². The molecule has 1 aliphatic rings. The van der Waals surface area contributed by atoms with Crippen molar-refractivity contribution in [3.05, 3.63) is 64.1 Å². The van der Waals surface area contributed by atoms with Crippen molar-refractivity contribution in [1.82, 2.24) is 4.90 Å². The minimum absolute atomic E-state index is 0.268. The van der Waals surface area contributed by atoms with Crippen LogP contribution < -0.4 is 5.32 Å². The second kappa shape index (κ2) is 9.67. The molecule has 0 saturated carbocycles. The third-order valence-electron chi connectivity index (χ3n) is 4.71. The van der Waals surface area contributed by atoms with Gasteiger partial charge in [-0.25, -0.2) is 4.79 Å². The Morgan fingerprint density at radius 1 is 1.03 bits per heavy atom. The molecule has 2 aromatic carbocycles. The zero-order valence-electron chi connectivity index (χ0n) is 16.4. The molecule has 1 heterocycles. The highest BCUT2D eigenvalue weighted by atomic mass is 79.9. The molecule has 8 heteroatoms. The van der Waals surface area contributed by atoms with E-state index < -0.39 is 36.3 Å². The number of nitrogens with zero attached hydrogens (tertiary/aromatic N) is 1. The number of hydrogen-bond donors (Lipinski definition) is 1. The Balaban J connectivity index is 1.67. The van der Waals surface area contributed by atoms with E-state index in [2.05, 4.69) is 21.2 Å². The van der Waals surface area contributed by atoms with Gasteiger partial charge in [-0.3, -0.25) is 19.3 Å². The first-order valence-corrected chi connectivity index (χ1v) is 10.4. The van der Waals surface area contributed by atoms with E-state index in [4.69, 9.17) is 4.74 Å². The van der Waals surface area contributed by atoms with Crippen LogP contribution in [0.5, 0.6) is 0 Å². The number of hydrogen-bond acceptors (Lipinski definition) is 5. The molecule has 1 aliphatic heterocycles. The van der Waals surface area contributed by atoms with E-state index in [0.29, 0.717) is 12.1 Å². The van der Waals surface area contributed by atoms with Crippen LogP contribution in [-0.2, 0) is 14.3 Å². The molecule has 0 radical (unpaired) electrons. The Bertz CT molecular complexity index is 939. The number of halogens is 1. The van der Waals surface area contributed by atoms with Crippen molar-refractivity contribution >= 4 is 45.3 Å². The van der Waals surface area contributed by atoms with Gasteiger partial charge in [0.1, 0.15) is 6.04 Å². The molecule has 7 nitrogen and oxygen atoms in total. The van der Waals surface area contributed by atoms with Gasteiger partial charge in [-0.2, -0.15) is 0 Å². The van der Waals surface area contributed by atoms with E-state index in [-0.39, 0.29) is 17.5 Å². The lowest BCUT2D eigenvalue weighted by Gasteiger charge is -2.24. The van der Waals surface area contributed by atoms with Gasteiger partial charge in [-0.15, -0.1) is 0 Å². The lowest BCUT2D eigenvalue weighted by Crippen LogP contribution is -2.46. The van der Waals surface area contributed by atoms with Crippen molar-refractivity contribution in [2.45, 2.75) is 32.2 Å². The maximum Gasteiger partial charge on any atom is 0.329 e. The average Bonchev–Trinajstić information content (AvgIpc) is 2.99. The lowest BCUT2D eigenvalue weighted by atomic mass is 10.1. The van der Waals surface area contributed by atoms with Crippen LogP contribution in [0.2, 0.25) is 0 Å². The number of nitrogens with one attached hydrogen (secondary N) is 1. The van der Waals surface area contributed by atoms with Crippen molar-refractivity contribution in [3.8, 4) is 0 Å². The zero-order chi connectivity index (χ0) is 21.7. The smallest absolute Gasteiger partial charge is 0.329 e. The van der Waals surface area contributed by atoms with Gasteiger partial charge in [0.05, 0.1) is 11.1 Å². The Morgan fingerprint density at radius 2 is 1.63 bits per heavy atom. The molecule has 3 rings (SSSR count). The summed E-state index contributed by atoms with van der Waals surface area (Å²) < 4.78 is 6.03. The Kier molecular flexibility index (Phi) is 6.99. The number of rotatable bonds is 8. The Labute approximate surface area is 182 Å². The van der Waals surface area contributed by atoms with E-state index in [1.165, 1.54) is 0 Å². The Hall–Kier alpha value is -3.00. The number of esters is 1. The first-order valence-electron chi connectivity index (χ1n) is 9.61. The number of carbonyl (C=O) groups is 4. The number of fused-ring (bicyclic) bond motifs is 1. The third kappa shape index (κ3) is 4.76. The summed E-state index contributed by atoms with van der Waals surface area (Å²) in [6.07, 6.45) is 1.67. The van der Waals surface area contributed by atoms with E-state index in [0.717, 1.165) is 15.8 Å². The lowest BCUT2D eigenvalue weighted by molar-refractivity contribution is -0.151. The fourth-order valence-electron chi connectivity index (χ4n) is 3.20. The SMILES string of the molecule is CCCC[C@H](C(=O)OCC(=O)Nc1ccc(Br)cc1)N1C(=O)c2ccccc2C1=O. The predicted molar refractivity (Wildman–Crippen MR) is 114 cm³/mol. The van der Waals surface area contributed by atoms with Gasteiger partial charge in [0.2, 0.25) is 0 Å². The molecule has 156 valence electrons. The highest BCUT2D eigenvalue weighted by Gasteiger charge is 2.43. The highest BCUT2D eigenvalue weighted by molar-refractivity contribution is 9.10. The molecule has 3 amide bonds. The summed E-state index contributed by atoms with van der Waals surface area (Å²) in [5.74, 6) is -2.33. The quantitative estimate of drug-likeness (QED) is 0.465. The van der Waals surface area contributed by atoms with Crippen LogP contribution in [0.3, 0.4) is 0 Å². The van der Waals surface area contributed by atoms with Crippen molar-refractivity contribution in [2.24, 2.45) is 0 Å². The van der Waals surface area contributed by atoms with Crippen molar-refractivity contribution in [3.63, 3.8) is 0 Å². The number of imide groups is 1. The molecular weight excluding hydrogens is 452 g/mol. The minimum Gasteiger partial charge on any atom is -0.454 e. The van der Waals surface area contributed by atoms with Crippen LogP contribution in [0, 0.1) is 0 Å². The van der Waals surface area contributed by atoms with Crippen LogP contribution >= 0.6 is 15.9 Å². The summed E-state index contributed by atoms with van der Waals surface area (Å²) >= 11 is 3.31. The number of ether oxygens (including phenoxy) is 1. The van der Waals surface area contributed by atoms with Gasteiger partial charge in [-0.05, 0) is 42.8 Å². The van der Waals surface area contributed by atoms with Crippen molar-refractivity contribution in [1.29, 1.82) is 0 Å². The summed E-state index contributed by atoms with van der Waals surface area (Å²) in [6.45, 7) is 1.43. The summed E-state index contributed by atoms with van der Waals surface area (Å²) in [5.41, 5.74) is 1.09. The van der Waals surface area contributed by atoms with E-state index >= 15 is 0 Å². The second-order valence-electron chi connectivity index (χ2n) is 6.85. The summed E-state index contributed by atoms with van der Waals surface area (Å²) in [7, 11) is 0. The van der Waals surface area contributed by atoms with Gasteiger partial charge < -0.3 is 10.1 Å². The molecule has 1 N–H and O–H groups in total. The maximum atomic E-state index is 12.7. The largest absolute Gasteiger partial charge is 0.454 e. The van der Waals surface area contributed by atoms with Crippen LogP contribution in [0.1, 0.15) is 46.9 Å². The number of amides is 3. The van der Waals surface area contributed by atoms with Crippen LogP contribution in [-0.4, -0.2) is 41.2 Å². The minimum atomic E-state index is -1.07.